The second-order valence-electron chi connectivity index (χ2n) is 5.97. The SMILES string of the molecule is CCCS(=O)(=O)c1ccc(CON2C(N)=NC(N)=NC2(C)C)cc1. The number of hydroxylamine groups is 2. The van der Waals surface area contributed by atoms with Crippen molar-refractivity contribution in [1.29, 1.82) is 0 Å². The van der Waals surface area contributed by atoms with Gasteiger partial charge in [0.25, 0.3) is 0 Å². The van der Waals surface area contributed by atoms with E-state index in [0.29, 0.717) is 11.3 Å². The quantitative estimate of drug-likeness (QED) is 0.786. The third-order valence-corrected chi connectivity index (χ3v) is 5.37. The number of nitrogens with two attached hydrogens (primary N) is 2. The van der Waals surface area contributed by atoms with Gasteiger partial charge in [-0.1, -0.05) is 19.1 Å². The molecular weight excluding hydrogens is 330 g/mol. The van der Waals surface area contributed by atoms with E-state index in [2.05, 4.69) is 9.98 Å². The standard InChI is InChI=1S/C15H23N5O3S/c1-4-9-24(21,22)12-7-5-11(6-8-12)10-23-20-14(17)18-13(16)19-15(20,2)3/h5-8H,4,9-10H2,1-3H3,(H4,16,17,18,19). The lowest BCUT2D eigenvalue weighted by atomic mass is 10.2. The molecule has 0 saturated carbocycles. The molecule has 1 aliphatic heterocycles. The Morgan fingerprint density at radius 2 is 1.83 bits per heavy atom. The Hall–Kier alpha value is -2.13. The van der Waals surface area contributed by atoms with Gasteiger partial charge in [-0.05, 0) is 38.0 Å². The molecule has 0 saturated heterocycles. The first-order valence-corrected chi connectivity index (χ1v) is 9.25. The summed E-state index contributed by atoms with van der Waals surface area (Å²) in [7, 11) is -3.22. The summed E-state index contributed by atoms with van der Waals surface area (Å²) in [5, 5.41) is 1.38. The van der Waals surface area contributed by atoms with Crippen molar-refractivity contribution in [2.45, 2.75) is 44.4 Å². The molecule has 24 heavy (non-hydrogen) atoms. The van der Waals surface area contributed by atoms with Gasteiger partial charge in [0.15, 0.2) is 15.5 Å². The second-order valence-corrected chi connectivity index (χ2v) is 8.07. The summed E-state index contributed by atoms with van der Waals surface area (Å²) in [6, 6.07) is 6.59. The molecule has 2 rings (SSSR count). The fraction of sp³-hybridized carbons (Fsp3) is 0.467. The van der Waals surface area contributed by atoms with E-state index in [9.17, 15) is 8.42 Å². The predicted molar refractivity (Wildman–Crippen MR) is 92.7 cm³/mol. The van der Waals surface area contributed by atoms with E-state index in [1.165, 1.54) is 5.06 Å². The summed E-state index contributed by atoms with van der Waals surface area (Å²) in [5.74, 6) is 0.356. The molecule has 8 nitrogen and oxygen atoms in total. The second kappa shape index (κ2) is 6.78. The maximum absolute atomic E-state index is 12.0. The molecule has 0 fully saturated rings. The Bertz CT molecular complexity index is 754. The van der Waals surface area contributed by atoms with E-state index in [1.807, 2.05) is 6.92 Å². The summed E-state index contributed by atoms with van der Waals surface area (Å²) in [4.78, 5) is 14.1. The molecule has 1 aliphatic rings. The van der Waals surface area contributed by atoms with Crippen LogP contribution in [0.25, 0.3) is 0 Å². The number of nitrogens with zero attached hydrogens (tertiary/aromatic N) is 3. The van der Waals surface area contributed by atoms with Gasteiger partial charge in [-0.15, -0.1) is 0 Å². The maximum atomic E-state index is 12.0. The van der Waals surface area contributed by atoms with Gasteiger partial charge < -0.3 is 11.5 Å². The van der Waals surface area contributed by atoms with Crippen molar-refractivity contribution in [3.63, 3.8) is 0 Å². The minimum atomic E-state index is -3.22. The minimum Gasteiger partial charge on any atom is -0.368 e. The molecule has 1 aromatic carbocycles. The van der Waals surface area contributed by atoms with E-state index >= 15 is 0 Å². The summed E-state index contributed by atoms with van der Waals surface area (Å²) in [5.41, 5.74) is 11.5. The molecule has 0 unspecified atom stereocenters. The highest BCUT2D eigenvalue weighted by atomic mass is 32.2. The third-order valence-electron chi connectivity index (χ3n) is 3.44. The molecule has 0 radical (unpaired) electrons. The molecule has 0 atom stereocenters. The zero-order chi connectivity index (χ0) is 18.0. The van der Waals surface area contributed by atoms with Crippen molar-refractivity contribution in [3.8, 4) is 0 Å². The van der Waals surface area contributed by atoms with E-state index < -0.39 is 15.5 Å². The van der Waals surface area contributed by atoms with Gasteiger partial charge in [-0.25, -0.2) is 13.4 Å². The van der Waals surface area contributed by atoms with E-state index in [1.54, 1.807) is 38.1 Å². The van der Waals surface area contributed by atoms with Gasteiger partial charge in [0.05, 0.1) is 10.6 Å². The topological polar surface area (TPSA) is 123 Å². The predicted octanol–water partition coefficient (Wildman–Crippen LogP) is 0.983. The van der Waals surface area contributed by atoms with Crippen LogP contribution in [0.3, 0.4) is 0 Å². The summed E-state index contributed by atoms with van der Waals surface area (Å²) in [6.07, 6.45) is 0.583. The first kappa shape index (κ1) is 18.2. The van der Waals surface area contributed by atoms with Crippen molar-refractivity contribution in [3.05, 3.63) is 29.8 Å². The van der Waals surface area contributed by atoms with Crippen LogP contribution in [0.5, 0.6) is 0 Å². The number of benzene rings is 1. The van der Waals surface area contributed by atoms with Crippen LogP contribution in [0.1, 0.15) is 32.8 Å². The molecular formula is C15H23N5O3S. The van der Waals surface area contributed by atoms with E-state index in [0.717, 1.165) is 5.56 Å². The third kappa shape index (κ3) is 4.04. The number of guanidine groups is 2. The number of hydrogen-bond acceptors (Lipinski definition) is 8. The van der Waals surface area contributed by atoms with Crippen LogP contribution < -0.4 is 11.5 Å². The lowest BCUT2D eigenvalue weighted by Gasteiger charge is -2.36. The van der Waals surface area contributed by atoms with Crippen LogP contribution in [0, 0.1) is 0 Å². The van der Waals surface area contributed by atoms with Crippen LogP contribution in [-0.4, -0.2) is 36.8 Å². The van der Waals surface area contributed by atoms with Crippen LogP contribution in [0.15, 0.2) is 39.1 Å². The molecule has 0 aliphatic carbocycles. The average molecular weight is 353 g/mol. The first-order valence-electron chi connectivity index (χ1n) is 7.60. The summed E-state index contributed by atoms with van der Waals surface area (Å²) >= 11 is 0. The Kier molecular flexibility index (Phi) is 5.14. The highest BCUT2D eigenvalue weighted by molar-refractivity contribution is 7.91. The van der Waals surface area contributed by atoms with Crippen molar-refractivity contribution < 1.29 is 13.3 Å². The molecule has 0 spiro atoms. The first-order chi connectivity index (χ1) is 11.2. The van der Waals surface area contributed by atoms with Gasteiger partial charge in [0, 0.05) is 0 Å². The lowest BCUT2D eigenvalue weighted by Crippen LogP contribution is -2.53. The number of aliphatic imine (C=N–C) groups is 2. The molecule has 1 heterocycles. The molecule has 1 aromatic rings. The van der Waals surface area contributed by atoms with E-state index in [-0.39, 0.29) is 24.3 Å². The van der Waals surface area contributed by atoms with E-state index in [4.69, 9.17) is 16.3 Å². The smallest absolute Gasteiger partial charge is 0.226 e. The molecule has 0 bridgehead atoms. The number of hydrogen-bond donors (Lipinski definition) is 2. The van der Waals surface area contributed by atoms with Crippen molar-refractivity contribution >= 4 is 21.8 Å². The number of sulfone groups is 1. The van der Waals surface area contributed by atoms with Crippen molar-refractivity contribution in [2.24, 2.45) is 21.5 Å². The Balaban J connectivity index is 2.07. The lowest BCUT2D eigenvalue weighted by molar-refractivity contribution is -0.166. The van der Waals surface area contributed by atoms with Crippen molar-refractivity contribution in [2.75, 3.05) is 5.75 Å². The molecule has 0 amide bonds. The Morgan fingerprint density at radius 3 is 2.38 bits per heavy atom. The monoisotopic (exact) mass is 353 g/mol. The molecule has 0 aromatic heterocycles. The fourth-order valence-electron chi connectivity index (χ4n) is 2.34. The van der Waals surface area contributed by atoms with Gasteiger partial charge in [-0.3, -0.25) is 4.84 Å². The fourth-order valence-corrected chi connectivity index (χ4v) is 3.66. The van der Waals surface area contributed by atoms with Gasteiger partial charge in [0.1, 0.15) is 6.61 Å². The maximum Gasteiger partial charge on any atom is 0.226 e. The van der Waals surface area contributed by atoms with Crippen LogP contribution in [0.2, 0.25) is 0 Å². The van der Waals surface area contributed by atoms with Gasteiger partial charge in [0.2, 0.25) is 11.9 Å². The molecule has 4 N–H and O–H groups in total. The number of rotatable bonds is 6. The zero-order valence-corrected chi connectivity index (χ0v) is 14.9. The molecule has 9 heteroatoms. The summed E-state index contributed by atoms with van der Waals surface area (Å²) < 4.78 is 24.0. The summed E-state index contributed by atoms with van der Waals surface area (Å²) in [6.45, 7) is 5.62. The van der Waals surface area contributed by atoms with Crippen LogP contribution >= 0.6 is 0 Å². The Labute approximate surface area is 142 Å². The average Bonchev–Trinajstić information content (AvgIpc) is 2.45. The molecule has 132 valence electrons. The normalized spacial score (nSPS) is 17.4. The van der Waals surface area contributed by atoms with Crippen LogP contribution in [0.4, 0.5) is 0 Å². The highest BCUT2D eigenvalue weighted by Crippen LogP contribution is 2.21. The highest BCUT2D eigenvalue weighted by Gasteiger charge is 2.33. The zero-order valence-electron chi connectivity index (χ0n) is 14.1. The largest absolute Gasteiger partial charge is 0.368 e. The van der Waals surface area contributed by atoms with Gasteiger partial charge in [-0.2, -0.15) is 10.1 Å². The van der Waals surface area contributed by atoms with Gasteiger partial charge >= 0.3 is 0 Å². The minimum absolute atomic E-state index is 0.0998. The van der Waals surface area contributed by atoms with Crippen LogP contribution in [-0.2, 0) is 21.3 Å². The van der Waals surface area contributed by atoms with Crippen molar-refractivity contribution in [1.82, 2.24) is 5.06 Å². The Morgan fingerprint density at radius 1 is 1.21 bits per heavy atom.